The Labute approximate surface area is 214 Å². The zero-order chi connectivity index (χ0) is 26.9. The summed E-state index contributed by atoms with van der Waals surface area (Å²) in [5, 5.41) is 41.5. The molecule has 0 aliphatic heterocycles. The van der Waals surface area contributed by atoms with Crippen LogP contribution in [0.1, 0.15) is 33.6 Å². The van der Waals surface area contributed by atoms with Gasteiger partial charge in [-0.2, -0.15) is 15.8 Å². The molecule has 0 unspecified atom stereocenters. The third-order valence-corrected chi connectivity index (χ3v) is 7.58. The van der Waals surface area contributed by atoms with Gasteiger partial charge >= 0.3 is 0 Å². The second-order valence-corrected chi connectivity index (χ2v) is 10.7. The zero-order valence-electron chi connectivity index (χ0n) is 20.5. The Kier molecular flexibility index (Phi) is 10.1. The molecule has 2 rings (SSSR count). The van der Waals surface area contributed by atoms with E-state index in [1.54, 1.807) is 32.9 Å². The predicted octanol–water partition coefficient (Wildman–Crippen LogP) is 4.23. The molecule has 188 valence electrons. The number of pyridine rings is 1. The van der Waals surface area contributed by atoms with Crippen molar-refractivity contribution in [1.82, 2.24) is 4.98 Å². The van der Waals surface area contributed by atoms with Gasteiger partial charge in [0.2, 0.25) is 0 Å². The topological polar surface area (TPSA) is 168 Å². The number of hydrogen-bond donors (Lipinski definition) is 1. The van der Waals surface area contributed by atoms with Gasteiger partial charge in [0.1, 0.15) is 34.6 Å². The summed E-state index contributed by atoms with van der Waals surface area (Å²) in [5.41, 5.74) is 1.76. The molecule has 1 N–H and O–H groups in total. The van der Waals surface area contributed by atoms with E-state index in [4.69, 9.17) is 4.74 Å². The highest BCUT2D eigenvalue weighted by molar-refractivity contribution is 7.94. The van der Waals surface area contributed by atoms with Crippen LogP contribution in [0.3, 0.4) is 0 Å². The van der Waals surface area contributed by atoms with Gasteiger partial charge in [0.15, 0.2) is 20.7 Å². The first-order chi connectivity index (χ1) is 17.1. The summed E-state index contributed by atoms with van der Waals surface area (Å²) in [6.45, 7) is 7.80. The molecule has 0 radical (unpaired) electrons. The third kappa shape index (κ3) is 6.64. The van der Waals surface area contributed by atoms with Crippen molar-refractivity contribution in [2.75, 3.05) is 49.8 Å². The first-order valence-electron chi connectivity index (χ1n) is 10.7. The standard InChI is InChI=1S/C23H26N8O3S2/c1-6-36(32,33)11-9-31(4)22-20(29-30-23-18(13-25)15(2)19(14-26)35-23)16(3)17(12-24)21(28-22)27-8-7-10-34-5/h6H,1,7-11H2,2-5H3,(H,27,28)/b30-29+. The number of aromatic nitrogens is 1. The van der Waals surface area contributed by atoms with Crippen molar-refractivity contribution in [3.63, 3.8) is 0 Å². The first-order valence-corrected chi connectivity index (χ1v) is 13.3. The predicted molar refractivity (Wildman–Crippen MR) is 139 cm³/mol. The van der Waals surface area contributed by atoms with E-state index < -0.39 is 9.84 Å². The van der Waals surface area contributed by atoms with Crippen LogP contribution in [0.15, 0.2) is 22.2 Å². The Bertz CT molecular complexity index is 1390. The molecule has 0 bridgehead atoms. The van der Waals surface area contributed by atoms with Gasteiger partial charge in [0, 0.05) is 44.8 Å². The molecule has 13 heteroatoms. The van der Waals surface area contributed by atoms with E-state index >= 15 is 0 Å². The van der Waals surface area contributed by atoms with Crippen LogP contribution >= 0.6 is 11.3 Å². The molecule has 0 fully saturated rings. The molecule has 0 atom stereocenters. The van der Waals surface area contributed by atoms with Gasteiger partial charge in [0.25, 0.3) is 0 Å². The first kappa shape index (κ1) is 28.4. The molecule has 2 aromatic rings. The van der Waals surface area contributed by atoms with Crippen LogP contribution in [0.2, 0.25) is 0 Å². The molecule has 11 nitrogen and oxygen atoms in total. The maximum Gasteiger partial charge on any atom is 0.172 e. The number of azo groups is 1. The van der Waals surface area contributed by atoms with Gasteiger partial charge in [0.05, 0.1) is 16.9 Å². The van der Waals surface area contributed by atoms with Crippen molar-refractivity contribution in [2.45, 2.75) is 20.3 Å². The average Bonchev–Trinajstić information content (AvgIpc) is 3.18. The van der Waals surface area contributed by atoms with Gasteiger partial charge in [-0.3, -0.25) is 0 Å². The Hall–Kier alpha value is -3.83. The largest absolute Gasteiger partial charge is 0.385 e. The molecule has 2 heterocycles. The molecule has 0 aliphatic rings. The average molecular weight is 527 g/mol. The second kappa shape index (κ2) is 12.8. The number of nitrogens with one attached hydrogen (secondary N) is 1. The van der Waals surface area contributed by atoms with E-state index in [-0.39, 0.29) is 34.1 Å². The van der Waals surface area contributed by atoms with E-state index in [2.05, 4.69) is 33.2 Å². The van der Waals surface area contributed by atoms with E-state index in [9.17, 15) is 24.2 Å². The number of ether oxygens (including phenoxy) is 1. The number of anilines is 2. The number of nitrogens with zero attached hydrogens (tertiary/aromatic N) is 7. The van der Waals surface area contributed by atoms with Gasteiger partial charge in [-0.25, -0.2) is 13.4 Å². The van der Waals surface area contributed by atoms with Crippen molar-refractivity contribution in [3.05, 3.63) is 39.1 Å². The Morgan fingerprint density at radius 2 is 1.86 bits per heavy atom. The van der Waals surface area contributed by atoms with Crippen LogP contribution in [-0.2, 0) is 14.6 Å². The Morgan fingerprint density at radius 3 is 2.44 bits per heavy atom. The quantitative estimate of drug-likeness (QED) is 0.314. The van der Waals surface area contributed by atoms with E-state index in [1.165, 1.54) is 0 Å². The molecule has 36 heavy (non-hydrogen) atoms. The molecule has 2 aromatic heterocycles. The lowest BCUT2D eigenvalue weighted by molar-refractivity contribution is 0.198. The summed E-state index contributed by atoms with van der Waals surface area (Å²) in [7, 11) is -0.211. The van der Waals surface area contributed by atoms with Crippen LogP contribution in [0, 0.1) is 47.8 Å². The van der Waals surface area contributed by atoms with Gasteiger partial charge in [-0.15, -0.1) is 21.6 Å². The number of methoxy groups -OCH3 is 1. The molecule has 0 aromatic carbocycles. The number of thiophene rings is 1. The van der Waals surface area contributed by atoms with Gasteiger partial charge in [-0.1, -0.05) is 6.58 Å². The summed E-state index contributed by atoms with van der Waals surface area (Å²) in [6.07, 6.45) is 0.683. The van der Waals surface area contributed by atoms with Crippen molar-refractivity contribution in [3.8, 4) is 18.2 Å². The minimum atomic E-state index is -3.46. The van der Waals surface area contributed by atoms with Crippen LogP contribution in [0.25, 0.3) is 0 Å². The van der Waals surface area contributed by atoms with Crippen LogP contribution in [0.5, 0.6) is 0 Å². The van der Waals surface area contributed by atoms with E-state index in [0.717, 1.165) is 16.7 Å². The summed E-state index contributed by atoms with van der Waals surface area (Å²) < 4.78 is 29.0. The number of nitriles is 3. The lowest BCUT2D eigenvalue weighted by Gasteiger charge is -2.22. The van der Waals surface area contributed by atoms with Crippen LogP contribution in [-0.4, -0.2) is 53.0 Å². The summed E-state index contributed by atoms with van der Waals surface area (Å²) in [6, 6.07) is 6.23. The fourth-order valence-electron chi connectivity index (χ4n) is 3.11. The van der Waals surface area contributed by atoms with Crippen molar-refractivity contribution < 1.29 is 13.2 Å². The Morgan fingerprint density at radius 1 is 1.17 bits per heavy atom. The van der Waals surface area contributed by atoms with E-state index in [1.807, 2.05) is 12.1 Å². The van der Waals surface area contributed by atoms with Gasteiger partial charge in [-0.05, 0) is 25.8 Å². The zero-order valence-corrected chi connectivity index (χ0v) is 22.1. The summed E-state index contributed by atoms with van der Waals surface area (Å²) in [5.74, 6) is 0.431. The number of hydrogen-bond acceptors (Lipinski definition) is 12. The molecule has 0 aliphatic carbocycles. The lowest BCUT2D eigenvalue weighted by Crippen LogP contribution is -2.26. The number of sulfone groups is 1. The van der Waals surface area contributed by atoms with E-state index in [0.29, 0.717) is 47.2 Å². The number of rotatable bonds is 12. The fourth-order valence-corrected chi connectivity index (χ4v) is 4.68. The maximum atomic E-state index is 12.0. The molecule has 0 spiro atoms. The maximum absolute atomic E-state index is 12.0. The highest BCUT2D eigenvalue weighted by atomic mass is 32.2. The molecular weight excluding hydrogens is 500 g/mol. The lowest BCUT2D eigenvalue weighted by atomic mass is 10.1. The molecule has 0 amide bonds. The fraction of sp³-hybridized carbons (Fsp3) is 0.391. The molecule has 0 saturated heterocycles. The molecule has 0 saturated carbocycles. The summed E-state index contributed by atoms with van der Waals surface area (Å²) in [4.78, 5) is 6.55. The highest BCUT2D eigenvalue weighted by Gasteiger charge is 2.22. The minimum Gasteiger partial charge on any atom is -0.385 e. The second-order valence-electron chi connectivity index (χ2n) is 7.63. The van der Waals surface area contributed by atoms with Crippen LogP contribution < -0.4 is 10.2 Å². The SMILES string of the molecule is C=CS(=O)(=O)CCN(C)c1nc(NCCCOC)c(C#N)c(C)c1/N=N/c1sc(C#N)c(C)c1C#N. The smallest absolute Gasteiger partial charge is 0.172 e. The summed E-state index contributed by atoms with van der Waals surface area (Å²) >= 11 is 1.04. The third-order valence-electron chi connectivity index (χ3n) is 5.24. The monoisotopic (exact) mass is 526 g/mol. The van der Waals surface area contributed by atoms with Crippen molar-refractivity contribution in [1.29, 1.82) is 15.8 Å². The minimum absolute atomic E-state index is 0.0818. The normalized spacial score (nSPS) is 11.0. The van der Waals surface area contributed by atoms with Crippen molar-refractivity contribution in [2.24, 2.45) is 10.2 Å². The van der Waals surface area contributed by atoms with Gasteiger partial charge < -0.3 is 15.0 Å². The highest BCUT2D eigenvalue weighted by Crippen LogP contribution is 2.39. The van der Waals surface area contributed by atoms with Crippen molar-refractivity contribution >= 4 is 43.5 Å². The molecular formula is C23H26N8O3S2. The Balaban J connectivity index is 2.62. The van der Waals surface area contributed by atoms with Crippen LogP contribution in [0.4, 0.5) is 22.3 Å².